The van der Waals surface area contributed by atoms with E-state index in [0.29, 0.717) is 0 Å². The molecule has 124 valence electrons. The zero-order valence-electron chi connectivity index (χ0n) is 14.1. The Labute approximate surface area is 140 Å². The summed E-state index contributed by atoms with van der Waals surface area (Å²) in [4.78, 5) is 19.8. The van der Waals surface area contributed by atoms with Crippen LogP contribution in [-0.2, 0) is 4.79 Å². The van der Waals surface area contributed by atoms with E-state index in [1.54, 1.807) is 11.3 Å². The predicted octanol–water partition coefficient (Wildman–Crippen LogP) is 3.91. The number of hydrogen-bond donors (Lipinski definition) is 0. The first-order chi connectivity index (χ1) is 11.0. The van der Waals surface area contributed by atoms with Crippen molar-refractivity contribution in [3.05, 3.63) is 33.1 Å². The van der Waals surface area contributed by atoms with Crippen LogP contribution in [0, 0.1) is 20.8 Å². The van der Waals surface area contributed by atoms with Crippen molar-refractivity contribution in [3.8, 4) is 0 Å². The number of likely N-dealkylation sites (tertiary alicyclic amines) is 1. The van der Waals surface area contributed by atoms with E-state index in [4.69, 9.17) is 4.52 Å². The Hall–Kier alpha value is -1.69. The van der Waals surface area contributed by atoms with Crippen LogP contribution in [0.15, 0.2) is 9.90 Å². The lowest BCUT2D eigenvalue weighted by Gasteiger charge is -2.36. The Morgan fingerprint density at radius 2 is 2.17 bits per heavy atom. The summed E-state index contributed by atoms with van der Waals surface area (Å²) in [5.74, 6) is 0.655. The molecule has 1 amide bonds. The fraction of sp³-hybridized carbons (Fsp3) is 0.588. The summed E-state index contributed by atoms with van der Waals surface area (Å²) in [7, 11) is 0. The molecule has 0 unspecified atom stereocenters. The van der Waals surface area contributed by atoms with E-state index in [1.165, 1.54) is 0 Å². The summed E-state index contributed by atoms with van der Waals surface area (Å²) in [5, 5.41) is 7.11. The molecule has 0 aliphatic carbocycles. The summed E-state index contributed by atoms with van der Waals surface area (Å²) in [6.45, 7) is 8.52. The van der Waals surface area contributed by atoms with E-state index in [1.807, 2.05) is 32.6 Å². The topological polar surface area (TPSA) is 59.2 Å². The third-order valence-electron chi connectivity index (χ3n) is 4.60. The number of piperidine rings is 1. The van der Waals surface area contributed by atoms with Gasteiger partial charge < -0.3 is 9.42 Å². The molecule has 3 rings (SSSR count). The van der Waals surface area contributed by atoms with Gasteiger partial charge in [-0.05, 0) is 47.0 Å². The van der Waals surface area contributed by atoms with Crippen molar-refractivity contribution in [2.24, 2.45) is 0 Å². The van der Waals surface area contributed by atoms with Crippen molar-refractivity contribution in [1.29, 1.82) is 0 Å². The molecule has 2 aromatic heterocycles. The van der Waals surface area contributed by atoms with Crippen LogP contribution in [0.1, 0.15) is 65.9 Å². The van der Waals surface area contributed by atoms with Gasteiger partial charge in [0.25, 0.3) is 0 Å². The van der Waals surface area contributed by atoms with E-state index < -0.39 is 0 Å². The minimum absolute atomic E-state index is 0.109. The molecule has 0 spiro atoms. The Balaban J connectivity index is 1.87. The van der Waals surface area contributed by atoms with E-state index in [-0.39, 0.29) is 17.9 Å². The minimum Gasteiger partial charge on any atom is -0.361 e. The van der Waals surface area contributed by atoms with Gasteiger partial charge in [0.2, 0.25) is 5.91 Å². The lowest BCUT2D eigenvalue weighted by Crippen LogP contribution is -2.40. The van der Waals surface area contributed by atoms with Gasteiger partial charge in [0, 0.05) is 23.2 Å². The van der Waals surface area contributed by atoms with Crippen molar-refractivity contribution in [1.82, 2.24) is 15.0 Å². The monoisotopic (exact) mass is 333 g/mol. The molecule has 23 heavy (non-hydrogen) atoms. The molecule has 0 radical (unpaired) electrons. The molecule has 1 saturated heterocycles. The Morgan fingerprint density at radius 3 is 2.78 bits per heavy atom. The molecule has 3 heterocycles. The van der Waals surface area contributed by atoms with E-state index in [9.17, 15) is 4.79 Å². The van der Waals surface area contributed by atoms with Crippen LogP contribution < -0.4 is 0 Å². The van der Waals surface area contributed by atoms with Crippen LogP contribution in [0.3, 0.4) is 0 Å². The number of aromatic nitrogens is 2. The highest BCUT2D eigenvalue weighted by molar-refractivity contribution is 7.09. The summed E-state index contributed by atoms with van der Waals surface area (Å²) in [6, 6.07) is 0.109. The summed E-state index contributed by atoms with van der Waals surface area (Å²) in [5.41, 5.74) is 2.76. The number of rotatable bonds is 3. The lowest BCUT2D eigenvalue weighted by molar-refractivity contribution is -0.136. The molecule has 6 heteroatoms. The molecule has 0 N–H and O–H groups in total. The van der Waals surface area contributed by atoms with Crippen LogP contribution >= 0.6 is 11.3 Å². The number of amides is 1. The molecule has 0 saturated carbocycles. The Morgan fingerprint density at radius 1 is 1.39 bits per heavy atom. The van der Waals surface area contributed by atoms with E-state index in [2.05, 4.69) is 15.5 Å². The first-order valence-electron chi connectivity index (χ1n) is 8.14. The number of carbonyl (C=O) groups excluding carboxylic acids is 1. The lowest BCUT2D eigenvalue weighted by atomic mass is 9.94. The molecule has 1 aliphatic heterocycles. The maximum absolute atomic E-state index is 13.1. The highest BCUT2D eigenvalue weighted by Gasteiger charge is 2.34. The fourth-order valence-electron chi connectivity index (χ4n) is 3.46. The summed E-state index contributed by atoms with van der Waals surface area (Å²) < 4.78 is 5.24. The molecule has 1 fully saturated rings. The first kappa shape index (κ1) is 16.2. The van der Waals surface area contributed by atoms with Crippen LogP contribution in [0.2, 0.25) is 0 Å². The largest absolute Gasteiger partial charge is 0.361 e. The third kappa shape index (κ3) is 3.04. The summed E-state index contributed by atoms with van der Waals surface area (Å²) >= 11 is 1.66. The standard InChI is InChI=1S/C17H23N3O2S/c1-10-9-23-16(18-10)14-7-5-6-8-20(14)17(21)11(2)15-12(3)19-22-13(15)4/h9,11,14H,5-8H2,1-4H3/t11-,14+/m1/s1. The highest BCUT2D eigenvalue weighted by Crippen LogP contribution is 2.36. The summed E-state index contributed by atoms with van der Waals surface area (Å²) in [6.07, 6.45) is 3.20. The molecular weight excluding hydrogens is 310 g/mol. The van der Waals surface area contributed by atoms with Crippen molar-refractivity contribution < 1.29 is 9.32 Å². The molecule has 0 bridgehead atoms. The van der Waals surface area contributed by atoms with Crippen LogP contribution in [0.5, 0.6) is 0 Å². The molecule has 2 aromatic rings. The maximum atomic E-state index is 13.1. The van der Waals surface area contributed by atoms with Crippen molar-refractivity contribution in [3.63, 3.8) is 0 Å². The molecule has 2 atom stereocenters. The second-order valence-electron chi connectivity index (χ2n) is 6.33. The van der Waals surface area contributed by atoms with Gasteiger partial charge in [0.15, 0.2) is 0 Å². The maximum Gasteiger partial charge on any atom is 0.230 e. The normalized spacial score (nSPS) is 19.8. The molecule has 5 nitrogen and oxygen atoms in total. The van der Waals surface area contributed by atoms with Crippen LogP contribution in [0.4, 0.5) is 0 Å². The molecule has 0 aromatic carbocycles. The van der Waals surface area contributed by atoms with E-state index in [0.717, 1.165) is 53.5 Å². The van der Waals surface area contributed by atoms with Gasteiger partial charge >= 0.3 is 0 Å². The van der Waals surface area contributed by atoms with E-state index >= 15 is 0 Å². The van der Waals surface area contributed by atoms with Crippen LogP contribution in [-0.4, -0.2) is 27.5 Å². The van der Waals surface area contributed by atoms with Gasteiger partial charge in [0.05, 0.1) is 17.7 Å². The first-order valence-corrected chi connectivity index (χ1v) is 9.02. The zero-order valence-corrected chi connectivity index (χ0v) is 14.9. The second-order valence-corrected chi connectivity index (χ2v) is 7.22. The Kier molecular flexibility index (Phi) is 4.53. The number of hydrogen-bond acceptors (Lipinski definition) is 5. The number of carbonyl (C=O) groups is 1. The quantitative estimate of drug-likeness (QED) is 0.854. The van der Waals surface area contributed by atoms with Gasteiger partial charge in [-0.25, -0.2) is 4.98 Å². The van der Waals surface area contributed by atoms with Gasteiger partial charge in [-0.1, -0.05) is 5.16 Å². The SMILES string of the molecule is Cc1csc([C@@H]2CCCCN2C(=O)[C@H](C)c2c(C)noc2C)n1. The van der Waals surface area contributed by atoms with Gasteiger partial charge in [-0.15, -0.1) is 11.3 Å². The van der Waals surface area contributed by atoms with Crippen molar-refractivity contribution in [2.45, 2.75) is 58.9 Å². The number of nitrogens with zero attached hydrogens (tertiary/aromatic N) is 3. The Bertz CT molecular complexity index is 687. The second kappa shape index (κ2) is 6.43. The predicted molar refractivity (Wildman–Crippen MR) is 89.5 cm³/mol. The molecule has 1 aliphatic rings. The highest BCUT2D eigenvalue weighted by atomic mass is 32.1. The van der Waals surface area contributed by atoms with Gasteiger partial charge in [-0.3, -0.25) is 4.79 Å². The number of aryl methyl sites for hydroxylation is 3. The van der Waals surface area contributed by atoms with Gasteiger partial charge in [0.1, 0.15) is 10.8 Å². The average molecular weight is 333 g/mol. The fourth-order valence-corrected chi connectivity index (χ4v) is 4.40. The smallest absolute Gasteiger partial charge is 0.230 e. The van der Waals surface area contributed by atoms with Crippen LogP contribution in [0.25, 0.3) is 0 Å². The number of thiazole rings is 1. The zero-order chi connectivity index (χ0) is 16.6. The van der Waals surface area contributed by atoms with Gasteiger partial charge in [-0.2, -0.15) is 0 Å². The third-order valence-corrected chi connectivity index (χ3v) is 5.66. The minimum atomic E-state index is -0.233. The molecular formula is C17H23N3O2S. The average Bonchev–Trinajstić information content (AvgIpc) is 3.12. The van der Waals surface area contributed by atoms with Crippen molar-refractivity contribution >= 4 is 17.2 Å². The van der Waals surface area contributed by atoms with Crippen molar-refractivity contribution in [2.75, 3.05) is 6.54 Å².